The molecule has 2 rings (SSSR count). The molecule has 1 unspecified atom stereocenters. The minimum absolute atomic E-state index is 0.130. The maximum atomic E-state index is 11.7. The fraction of sp³-hybridized carbons (Fsp3) is 0.429. The largest absolute Gasteiger partial charge is 0.481 e. The quantitative estimate of drug-likeness (QED) is 0.641. The smallest absolute Gasteiger partial charge is 0.260 e. The highest BCUT2D eigenvalue weighted by atomic mass is 16.5. The van der Waals surface area contributed by atoms with E-state index in [1.807, 2.05) is 25.1 Å². The van der Waals surface area contributed by atoms with Gasteiger partial charge in [0.25, 0.3) is 5.91 Å². The maximum absolute atomic E-state index is 11.7. The predicted molar refractivity (Wildman–Crippen MR) is 71.9 cm³/mol. The van der Waals surface area contributed by atoms with Gasteiger partial charge < -0.3 is 15.3 Å². The Morgan fingerprint density at radius 1 is 1.53 bits per heavy atom. The number of hydrogen-bond donors (Lipinski definition) is 2. The Bertz CT molecular complexity index is 511. The zero-order chi connectivity index (χ0) is 13.8. The molecule has 5 heteroatoms. The van der Waals surface area contributed by atoms with Crippen LogP contribution in [0.2, 0.25) is 0 Å². The van der Waals surface area contributed by atoms with E-state index in [2.05, 4.69) is 10.5 Å². The molecule has 0 bridgehead atoms. The van der Waals surface area contributed by atoms with Crippen LogP contribution in [0.3, 0.4) is 0 Å². The molecule has 102 valence electrons. The van der Waals surface area contributed by atoms with Gasteiger partial charge in [-0.1, -0.05) is 17.3 Å². The molecule has 1 aliphatic rings. The standard InChI is InChI=1S/C14H18N2O3/c1-3-15-14(17)9(2)19-13-6-4-5-10-11(13)7-8-12(10)16-18/h4-6,9,18H,3,7-8H2,1-2H3,(H,15,17). The van der Waals surface area contributed by atoms with Crippen molar-refractivity contribution in [2.75, 3.05) is 6.54 Å². The average molecular weight is 262 g/mol. The molecular formula is C14H18N2O3. The Labute approximate surface area is 112 Å². The lowest BCUT2D eigenvalue weighted by atomic mass is 10.1. The Kier molecular flexibility index (Phi) is 4.04. The number of likely N-dealkylation sites (N-methyl/N-ethyl adjacent to an activating group) is 1. The first-order chi connectivity index (χ1) is 9.17. The molecule has 1 aliphatic carbocycles. The van der Waals surface area contributed by atoms with Crippen LogP contribution >= 0.6 is 0 Å². The fourth-order valence-corrected chi connectivity index (χ4v) is 2.25. The molecular weight excluding hydrogens is 244 g/mol. The SMILES string of the molecule is CCNC(=O)C(C)Oc1cccc2c1CCC2=NO. The molecule has 1 atom stereocenters. The summed E-state index contributed by atoms with van der Waals surface area (Å²) in [7, 11) is 0. The number of nitrogens with one attached hydrogen (secondary N) is 1. The third kappa shape index (κ3) is 2.70. The van der Waals surface area contributed by atoms with E-state index >= 15 is 0 Å². The lowest BCUT2D eigenvalue weighted by Gasteiger charge is -2.16. The molecule has 0 spiro atoms. The summed E-state index contributed by atoms with van der Waals surface area (Å²) in [6.07, 6.45) is 0.927. The molecule has 0 radical (unpaired) electrons. The first-order valence-electron chi connectivity index (χ1n) is 6.45. The minimum Gasteiger partial charge on any atom is -0.481 e. The summed E-state index contributed by atoms with van der Waals surface area (Å²) in [4.78, 5) is 11.7. The first-order valence-corrected chi connectivity index (χ1v) is 6.45. The molecule has 0 fully saturated rings. The summed E-state index contributed by atoms with van der Waals surface area (Å²) in [6, 6.07) is 5.59. The molecule has 1 amide bonds. The van der Waals surface area contributed by atoms with Gasteiger partial charge in [0.05, 0.1) is 5.71 Å². The van der Waals surface area contributed by atoms with Crippen molar-refractivity contribution in [3.05, 3.63) is 29.3 Å². The van der Waals surface area contributed by atoms with Crippen molar-refractivity contribution in [2.24, 2.45) is 5.16 Å². The average Bonchev–Trinajstić information content (AvgIpc) is 2.83. The third-order valence-electron chi connectivity index (χ3n) is 3.20. The topological polar surface area (TPSA) is 70.9 Å². The molecule has 0 aliphatic heterocycles. The van der Waals surface area contributed by atoms with E-state index < -0.39 is 6.10 Å². The van der Waals surface area contributed by atoms with E-state index in [-0.39, 0.29) is 5.91 Å². The van der Waals surface area contributed by atoms with E-state index in [1.54, 1.807) is 6.92 Å². The Balaban J connectivity index is 2.19. The van der Waals surface area contributed by atoms with Crippen molar-refractivity contribution in [1.82, 2.24) is 5.32 Å². The zero-order valence-electron chi connectivity index (χ0n) is 11.1. The number of ether oxygens (including phenoxy) is 1. The van der Waals surface area contributed by atoms with Crippen molar-refractivity contribution in [3.63, 3.8) is 0 Å². The normalized spacial score (nSPS) is 17.1. The van der Waals surface area contributed by atoms with Gasteiger partial charge in [-0.2, -0.15) is 0 Å². The van der Waals surface area contributed by atoms with E-state index in [0.29, 0.717) is 24.4 Å². The van der Waals surface area contributed by atoms with Gasteiger partial charge in [0.2, 0.25) is 0 Å². The second kappa shape index (κ2) is 5.73. The van der Waals surface area contributed by atoms with E-state index in [4.69, 9.17) is 9.94 Å². The number of fused-ring (bicyclic) bond motifs is 1. The fourth-order valence-electron chi connectivity index (χ4n) is 2.25. The number of nitrogens with zero attached hydrogens (tertiary/aromatic N) is 1. The molecule has 19 heavy (non-hydrogen) atoms. The monoisotopic (exact) mass is 262 g/mol. The highest BCUT2D eigenvalue weighted by Crippen LogP contribution is 2.31. The predicted octanol–water partition coefficient (Wildman–Crippen LogP) is 1.71. The Morgan fingerprint density at radius 3 is 3.00 bits per heavy atom. The van der Waals surface area contributed by atoms with Crippen LogP contribution in [-0.4, -0.2) is 29.5 Å². The van der Waals surface area contributed by atoms with Crippen molar-refractivity contribution < 1.29 is 14.7 Å². The number of benzene rings is 1. The molecule has 2 N–H and O–H groups in total. The van der Waals surface area contributed by atoms with Crippen LogP contribution < -0.4 is 10.1 Å². The first kappa shape index (κ1) is 13.4. The lowest BCUT2D eigenvalue weighted by molar-refractivity contribution is -0.127. The molecule has 1 aromatic carbocycles. The van der Waals surface area contributed by atoms with Gasteiger partial charge in [0.1, 0.15) is 5.75 Å². The summed E-state index contributed by atoms with van der Waals surface area (Å²) in [5.74, 6) is 0.559. The van der Waals surface area contributed by atoms with Crippen LogP contribution in [0, 0.1) is 0 Å². The molecule has 0 heterocycles. The van der Waals surface area contributed by atoms with Gasteiger partial charge >= 0.3 is 0 Å². The van der Waals surface area contributed by atoms with Gasteiger partial charge in [-0.3, -0.25) is 4.79 Å². The second-order valence-electron chi connectivity index (χ2n) is 4.48. The van der Waals surface area contributed by atoms with E-state index in [1.165, 1.54) is 0 Å². The van der Waals surface area contributed by atoms with Gasteiger partial charge in [-0.25, -0.2) is 0 Å². The van der Waals surface area contributed by atoms with Crippen molar-refractivity contribution in [1.29, 1.82) is 0 Å². The van der Waals surface area contributed by atoms with Crippen LogP contribution in [0.4, 0.5) is 0 Å². The molecule has 0 saturated carbocycles. The number of carbonyl (C=O) groups is 1. The summed E-state index contributed by atoms with van der Waals surface area (Å²) < 4.78 is 5.72. The number of amides is 1. The number of oxime groups is 1. The van der Waals surface area contributed by atoms with Crippen molar-refractivity contribution in [3.8, 4) is 5.75 Å². The molecule has 0 saturated heterocycles. The highest BCUT2D eigenvalue weighted by molar-refractivity contribution is 6.04. The summed E-state index contributed by atoms with van der Waals surface area (Å²) in [6.45, 7) is 4.18. The summed E-state index contributed by atoms with van der Waals surface area (Å²) in [5.41, 5.74) is 2.58. The zero-order valence-corrected chi connectivity index (χ0v) is 11.1. The van der Waals surface area contributed by atoms with E-state index in [9.17, 15) is 4.79 Å². The van der Waals surface area contributed by atoms with Gasteiger partial charge in [0.15, 0.2) is 6.10 Å². The molecule has 1 aromatic rings. The lowest BCUT2D eigenvalue weighted by Crippen LogP contribution is -2.36. The van der Waals surface area contributed by atoms with Crippen LogP contribution in [0.1, 0.15) is 31.4 Å². The van der Waals surface area contributed by atoms with Crippen LogP contribution in [0.25, 0.3) is 0 Å². The summed E-state index contributed by atoms with van der Waals surface area (Å²) >= 11 is 0. The highest BCUT2D eigenvalue weighted by Gasteiger charge is 2.23. The van der Waals surface area contributed by atoms with E-state index in [0.717, 1.165) is 17.5 Å². The van der Waals surface area contributed by atoms with Crippen molar-refractivity contribution in [2.45, 2.75) is 32.8 Å². The molecule has 5 nitrogen and oxygen atoms in total. The van der Waals surface area contributed by atoms with Gasteiger partial charge in [0, 0.05) is 17.7 Å². The van der Waals surface area contributed by atoms with Crippen LogP contribution in [-0.2, 0) is 11.2 Å². The number of hydrogen-bond acceptors (Lipinski definition) is 4. The van der Waals surface area contributed by atoms with Crippen LogP contribution in [0.5, 0.6) is 5.75 Å². The molecule has 0 aromatic heterocycles. The number of rotatable bonds is 4. The van der Waals surface area contributed by atoms with Crippen LogP contribution in [0.15, 0.2) is 23.4 Å². The van der Waals surface area contributed by atoms with Gasteiger partial charge in [-0.05, 0) is 32.8 Å². The van der Waals surface area contributed by atoms with Crippen molar-refractivity contribution >= 4 is 11.6 Å². The van der Waals surface area contributed by atoms with Gasteiger partial charge in [-0.15, -0.1) is 0 Å². The number of carbonyl (C=O) groups excluding carboxylic acids is 1. The second-order valence-corrected chi connectivity index (χ2v) is 4.48. The Morgan fingerprint density at radius 2 is 2.32 bits per heavy atom. The maximum Gasteiger partial charge on any atom is 0.260 e. The third-order valence-corrected chi connectivity index (χ3v) is 3.20. The summed E-state index contributed by atoms with van der Waals surface area (Å²) in [5, 5.41) is 14.9. The minimum atomic E-state index is -0.540. The Hall–Kier alpha value is -2.04.